The Morgan fingerprint density at radius 3 is 2.38 bits per heavy atom. The highest BCUT2D eigenvalue weighted by atomic mass is 16.5. The molecule has 0 saturated carbocycles. The predicted octanol–water partition coefficient (Wildman–Crippen LogP) is 5.15. The van der Waals surface area contributed by atoms with E-state index in [1.165, 1.54) is 4.90 Å². The average Bonchev–Trinajstić information content (AvgIpc) is 3.30. The molecule has 4 rings (SSSR count). The van der Waals surface area contributed by atoms with Gasteiger partial charge in [0, 0.05) is 11.3 Å². The first-order valence-electron chi connectivity index (χ1n) is 10.3. The molecule has 0 spiro atoms. The van der Waals surface area contributed by atoms with Gasteiger partial charge in [-0.05, 0) is 80.8 Å². The molecular formula is C26H25NO5. The number of aliphatic hydroxyl groups excluding tert-OH is 1. The summed E-state index contributed by atoms with van der Waals surface area (Å²) in [6.45, 7) is 7.38. The van der Waals surface area contributed by atoms with Crippen LogP contribution in [0.3, 0.4) is 0 Å². The van der Waals surface area contributed by atoms with E-state index >= 15 is 0 Å². The molecule has 1 atom stereocenters. The van der Waals surface area contributed by atoms with Crippen molar-refractivity contribution in [2.45, 2.75) is 33.7 Å². The summed E-state index contributed by atoms with van der Waals surface area (Å²) in [6, 6.07) is 13.5. The first-order valence-corrected chi connectivity index (χ1v) is 10.3. The zero-order valence-corrected chi connectivity index (χ0v) is 18.7. The molecule has 2 heterocycles. The van der Waals surface area contributed by atoms with Crippen LogP contribution >= 0.6 is 0 Å². The number of furan rings is 1. The van der Waals surface area contributed by atoms with E-state index in [1.807, 2.05) is 39.0 Å². The van der Waals surface area contributed by atoms with E-state index in [1.54, 1.807) is 44.4 Å². The summed E-state index contributed by atoms with van der Waals surface area (Å²) in [5.41, 5.74) is 3.50. The van der Waals surface area contributed by atoms with Crippen molar-refractivity contribution in [2.24, 2.45) is 0 Å². The largest absolute Gasteiger partial charge is 0.507 e. The van der Waals surface area contributed by atoms with Gasteiger partial charge in [-0.3, -0.25) is 14.5 Å². The Morgan fingerprint density at radius 2 is 1.75 bits per heavy atom. The molecule has 1 unspecified atom stereocenters. The van der Waals surface area contributed by atoms with Gasteiger partial charge in [-0.2, -0.15) is 0 Å². The van der Waals surface area contributed by atoms with Crippen molar-refractivity contribution in [1.82, 2.24) is 0 Å². The number of carbonyl (C=O) groups excluding carboxylic acids is 2. The molecule has 1 fully saturated rings. The average molecular weight is 431 g/mol. The second kappa shape index (κ2) is 8.04. The maximum atomic E-state index is 13.2. The van der Waals surface area contributed by atoms with Gasteiger partial charge in [0.15, 0.2) is 0 Å². The van der Waals surface area contributed by atoms with Crippen molar-refractivity contribution in [3.63, 3.8) is 0 Å². The summed E-state index contributed by atoms with van der Waals surface area (Å²) < 4.78 is 11.2. The molecule has 0 bridgehead atoms. The van der Waals surface area contributed by atoms with Crippen LogP contribution in [0.2, 0.25) is 0 Å². The SMILES string of the molecule is COc1cc(C)c(/C(O)=C2\C(=O)C(=O)N(c3cccc(C)c3)C2c2ccc(C)o2)cc1C. The first-order chi connectivity index (χ1) is 15.2. The van der Waals surface area contributed by atoms with Gasteiger partial charge in [0.1, 0.15) is 29.1 Å². The van der Waals surface area contributed by atoms with Gasteiger partial charge in [0.05, 0.1) is 12.7 Å². The first kappa shape index (κ1) is 21.4. The Balaban J connectivity index is 1.97. The molecule has 164 valence electrons. The fourth-order valence-electron chi connectivity index (χ4n) is 4.16. The lowest BCUT2D eigenvalue weighted by Crippen LogP contribution is -2.29. The van der Waals surface area contributed by atoms with Crippen LogP contribution in [0.15, 0.2) is 58.5 Å². The number of aryl methyl sites for hydroxylation is 4. The number of Topliss-reactive ketones (excluding diaryl/α,β-unsaturated/α-hetero) is 1. The standard InChI is InChI=1S/C26H25NO5/c1-14-7-6-8-18(11-14)27-23(20-10-9-17(4)32-20)22(25(29)26(27)30)24(28)19-12-16(3)21(31-5)13-15(19)2/h6-13,23,28H,1-5H3/b24-22+. The van der Waals surface area contributed by atoms with Gasteiger partial charge in [-0.1, -0.05) is 12.1 Å². The lowest BCUT2D eigenvalue weighted by molar-refractivity contribution is -0.132. The van der Waals surface area contributed by atoms with Gasteiger partial charge >= 0.3 is 0 Å². The third-order valence-electron chi connectivity index (χ3n) is 5.75. The minimum Gasteiger partial charge on any atom is -0.507 e. The molecule has 1 saturated heterocycles. The molecule has 1 N–H and O–H groups in total. The number of aliphatic hydroxyl groups is 1. The molecule has 1 amide bonds. The molecule has 3 aromatic rings. The molecule has 0 aliphatic carbocycles. The number of hydrogen-bond acceptors (Lipinski definition) is 5. The number of rotatable bonds is 4. The highest BCUT2D eigenvalue weighted by Crippen LogP contribution is 2.43. The van der Waals surface area contributed by atoms with E-state index in [0.717, 1.165) is 16.7 Å². The third kappa shape index (κ3) is 3.47. The molecule has 32 heavy (non-hydrogen) atoms. The topological polar surface area (TPSA) is 80.0 Å². The van der Waals surface area contributed by atoms with Crippen LogP contribution in [0.4, 0.5) is 5.69 Å². The minimum atomic E-state index is -0.882. The predicted molar refractivity (Wildman–Crippen MR) is 122 cm³/mol. The number of methoxy groups -OCH3 is 1. The number of carbonyl (C=O) groups is 2. The Morgan fingerprint density at radius 1 is 1.00 bits per heavy atom. The third-order valence-corrected chi connectivity index (χ3v) is 5.75. The van der Waals surface area contributed by atoms with Crippen LogP contribution in [0.25, 0.3) is 5.76 Å². The van der Waals surface area contributed by atoms with Gasteiger partial charge < -0.3 is 14.3 Å². The quantitative estimate of drug-likeness (QED) is 0.351. The molecule has 6 heteroatoms. The highest BCUT2D eigenvalue weighted by molar-refractivity contribution is 6.51. The second-order valence-electron chi connectivity index (χ2n) is 8.09. The van der Waals surface area contributed by atoms with Crippen LogP contribution in [-0.4, -0.2) is 23.9 Å². The molecule has 0 radical (unpaired) electrons. The number of amides is 1. The molecule has 1 aliphatic rings. The van der Waals surface area contributed by atoms with Crippen molar-refractivity contribution in [3.8, 4) is 5.75 Å². The van der Waals surface area contributed by atoms with Gasteiger partial charge in [0.25, 0.3) is 11.7 Å². The number of anilines is 1. The Kier molecular flexibility index (Phi) is 5.38. The van der Waals surface area contributed by atoms with Gasteiger partial charge in [0.2, 0.25) is 0 Å². The molecule has 2 aromatic carbocycles. The number of nitrogens with zero attached hydrogens (tertiary/aromatic N) is 1. The number of ether oxygens (including phenoxy) is 1. The van der Waals surface area contributed by atoms with E-state index in [2.05, 4.69) is 0 Å². The van der Waals surface area contributed by atoms with E-state index in [0.29, 0.717) is 28.5 Å². The smallest absolute Gasteiger partial charge is 0.300 e. The van der Waals surface area contributed by atoms with Crippen molar-refractivity contribution < 1.29 is 23.8 Å². The molecule has 6 nitrogen and oxygen atoms in total. The summed E-state index contributed by atoms with van der Waals surface area (Å²) in [5.74, 6) is 0.0345. The van der Waals surface area contributed by atoms with E-state index in [-0.39, 0.29) is 11.3 Å². The normalized spacial score (nSPS) is 17.8. The van der Waals surface area contributed by atoms with Crippen LogP contribution in [0.5, 0.6) is 5.75 Å². The van der Waals surface area contributed by atoms with E-state index in [9.17, 15) is 14.7 Å². The number of ketones is 1. The van der Waals surface area contributed by atoms with Crippen molar-refractivity contribution in [3.05, 3.63) is 87.9 Å². The summed E-state index contributed by atoms with van der Waals surface area (Å²) >= 11 is 0. The zero-order chi connectivity index (χ0) is 23.2. The number of benzene rings is 2. The summed E-state index contributed by atoms with van der Waals surface area (Å²) in [5, 5.41) is 11.3. The van der Waals surface area contributed by atoms with Crippen molar-refractivity contribution in [1.29, 1.82) is 0 Å². The highest BCUT2D eigenvalue weighted by Gasteiger charge is 2.48. The zero-order valence-electron chi connectivity index (χ0n) is 18.7. The summed E-state index contributed by atoms with van der Waals surface area (Å²) in [6.07, 6.45) is 0. The summed E-state index contributed by atoms with van der Waals surface area (Å²) in [4.78, 5) is 27.8. The number of hydrogen-bond donors (Lipinski definition) is 1. The maximum Gasteiger partial charge on any atom is 0.300 e. The van der Waals surface area contributed by atoms with Crippen molar-refractivity contribution >= 4 is 23.1 Å². The molecule has 1 aliphatic heterocycles. The fraction of sp³-hybridized carbons (Fsp3) is 0.231. The molecule has 1 aromatic heterocycles. The van der Waals surface area contributed by atoms with Crippen LogP contribution in [0.1, 0.15) is 39.8 Å². The van der Waals surface area contributed by atoms with Gasteiger partial charge in [-0.15, -0.1) is 0 Å². The van der Waals surface area contributed by atoms with Crippen LogP contribution < -0.4 is 9.64 Å². The lowest BCUT2D eigenvalue weighted by Gasteiger charge is -2.24. The van der Waals surface area contributed by atoms with Crippen LogP contribution in [-0.2, 0) is 9.59 Å². The van der Waals surface area contributed by atoms with Crippen molar-refractivity contribution in [2.75, 3.05) is 12.0 Å². The Hall–Kier alpha value is -3.80. The summed E-state index contributed by atoms with van der Waals surface area (Å²) in [7, 11) is 1.58. The van der Waals surface area contributed by atoms with Gasteiger partial charge in [-0.25, -0.2) is 0 Å². The maximum absolute atomic E-state index is 13.2. The van der Waals surface area contributed by atoms with E-state index in [4.69, 9.17) is 9.15 Å². The van der Waals surface area contributed by atoms with Crippen LogP contribution in [0, 0.1) is 27.7 Å². The Bertz CT molecular complexity index is 1270. The Labute approximate surface area is 186 Å². The fourth-order valence-corrected chi connectivity index (χ4v) is 4.16. The minimum absolute atomic E-state index is 0.00137. The van der Waals surface area contributed by atoms with E-state index < -0.39 is 17.7 Å². The second-order valence-corrected chi connectivity index (χ2v) is 8.09. The molecular weight excluding hydrogens is 406 g/mol. The monoisotopic (exact) mass is 431 g/mol. The lowest BCUT2D eigenvalue weighted by atomic mass is 9.95.